The molecular formula is C24H34FN5O3. The third-order valence-electron chi connectivity index (χ3n) is 6.06. The van der Waals surface area contributed by atoms with E-state index in [9.17, 15) is 4.79 Å². The number of primary amides is 1. The topological polar surface area (TPSA) is 93.0 Å². The fourth-order valence-corrected chi connectivity index (χ4v) is 4.36. The number of nitrogens with one attached hydrogen (secondary N) is 1. The first kappa shape index (κ1) is 24.7. The minimum atomic E-state index is -0.755. The Hall–Kier alpha value is -2.91. The van der Waals surface area contributed by atoms with Crippen molar-refractivity contribution in [1.29, 1.82) is 0 Å². The fourth-order valence-electron chi connectivity index (χ4n) is 4.36. The number of halogens is 1. The summed E-state index contributed by atoms with van der Waals surface area (Å²) in [5.41, 5.74) is 6.17. The second-order valence-electron chi connectivity index (χ2n) is 8.54. The molecule has 9 heteroatoms. The zero-order valence-electron chi connectivity index (χ0n) is 19.8. The van der Waals surface area contributed by atoms with E-state index in [2.05, 4.69) is 15.2 Å². The first-order valence-corrected chi connectivity index (χ1v) is 11.2. The summed E-state index contributed by atoms with van der Waals surface area (Å²) < 4.78 is 25.8. The van der Waals surface area contributed by atoms with Gasteiger partial charge in [0.1, 0.15) is 18.2 Å². The van der Waals surface area contributed by atoms with Crippen molar-refractivity contribution >= 4 is 23.2 Å². The highest BCUT2D eigenvalue weighted by atomic mass is 19.1. The SMILES string of the molecule is COCCOc1cccc(Nc2nc(N(C)C3CCCCC3N(C)C)c(F)cc2C(N)=O)c1. The van der Waals surface area contributed by atoms with Gasteiger partial charge in [0, 0.05) is 38.0 Å². The molecule has 0 aliphatic heterocycles. The van der Waals surface area contributed by atoms with Gasteiger partial charge in [-0.1, -0.05) is 18.9 Å². The van der Waals surface area contributed by atoms with Gasteiger partial charge in [0.15, 0.2) is 11.6 Å². The molecular weight excluding hydrogens is 425 g/mol. The van der Waals surface area contributed by atoms with E-state index in [1.165, 1.54) is 0 Å². The van der Waals surface area contributed by atoms with Crippen LogP contribution in [0.25, 0.3) is 0 Å². The molecule has 2 atom stereocenters. The molecule has 1 aromatic carbocycles. The third-order valence-corrected chi connectivity index (χ3v) is 6.06. The van der Waals surface area contributed by atoms with Crippen LogP contribution in [-0.2, 0) is 4.74 Å². The number of anilines is 3. The van der Waals surface area contributed by atoms with Crippen molar-refractivity contribution in [1.82, 2.24) is 9.88 Å². The molecule has 33 heavy (non-hydrogen) atoms. The van der Waals surface area contributed by atoms with Gasteiger partial charge in [-0.25, -0.2) is 9.37 Å². The first-order valence-electron chi connectivity index (χ1n) is 11.2. The smallest absolute Gasteiger partial charge is 0.252 e. The van der Waals surface area contributed by atoms with Crippen LogP contribution in [0.1, 0.15) is 36.0 Å². The standard InChI is InChI=1S/C24H34FN5O3/c1-29(2)20-10-5-6-11-21(20)30(3)24-19(25)15-18(22(26)31)23(28-24)27-16-8-7-9-17(14-16)33-13-12-32-4/h7-9,14-15,20-21H,5-6,10-13H2,1-4H3,(H2,26,31)(H,27,28). The Bertz CT molecular complexity index is 956. The molecule has 1 amide bonds. The van der Waals surface area contributed by atoms with Crippen LogP contribution in [0.2, 0.25) is 0 Å². The molecule has 3 rings (SSSR count). The Morgan fingerprint density at radius 1 is 1.18 bits per heavy atom. The van der Waals surface area contributed by atoms with Gasteiger partial charge in [-0.05, 0) is 45.1 Å². The van der Waals surface area contributed by atoms with Crippen LogP contribution in [0.15, 0.2) is 30.3 Å². The largest absolute Gasteiger partial charge is 0.491 e. The van der Waals surface area contributed by atoms with Crippen molar-refractivity contribution in [2.45, 2.75) is 37.8 Å². The van der Waals surface area contributed by atoms with Gasteiger partial charge in [0.25, 0.3) is 5.91 Å². The normalized spacial score (nSPS) is 18.2. The minimum absolute atomic E-state index is 0.0110. The molecule has 2 unspecified atom stereocenters. The number of hydrogen-bond donors (Lipinski definition) is 2. The Morgan fingerprint density at radius 3 is 2.58 bits per heavy atom. The molecule has 0 spiro atoms. The number of likely N-dealkylation sites (N-methyl/N-ethyl adjacent to an activating group) is 2. The third kappa shape index (κ3) is 6.11. The Kier molecular flexibility index (Phi) is 8.46. The van der Waals surface area contributed by atoms with Crippen molar-refractivity contribution in [2.24, 2.45) is 5.73 Å². The lowest BCUT2D eigenvalue weighted by molar-refractivity contribution is 0.100. The maximum absolute atomic E-state index is 15.1. The molecule has 1 aliphatic rings. The van der Waals surface area contributed by atoms with Crippen molar-refractivity contribution < 1.29 is 18.7 Å². The minimum Gasteiger partial charge on any atom is -0.491 e. The van der Waals surface area contributed by atoms with Crippen LogP contribution in [-0.4, -0.2) is 69.3 Å². The highest BCUT2D eigenvalue weighted by Gasteiger charge is 2.32. The number of nitrogens with two attached hydrogens (primary N) is 1. The zero-order valence-corrected chi connectivity index (χ0v) is 19.8. The van der Waals surface area contributed by atoms with Crippen LogP contribution in [0.5, 0.6) is 5.75 Å². The van der Waals surface area contributed by atoms with Gasteiger partial charge in [-0.2, -0.15) is 0 Å². The number of rotatable bonds is 10. The number of benzene rings is 1. The number of hydrogen-bond acceptors (Lipinski definition) is 7. The van der Waals surface area contributed by atoms with Crippen LogP contribution in [0.4, 0.5) is 21.7 Å². The number of methoxy groups -OCH3 is 1. The van der Waals surface area contributed by atoms with Crippen LogP contribution in [0.3, 0.4) is 0 Å². The van der Waals surface area contributed by atoms with E-state index in [0.717, 1.165) is 31.7 Å². The zero-order chi connectivity index (χ0) is 24.0. The molecule has 0 bridgehead atoms. The van der Waals surface area contributed by atoms with Gasteiger partial charge < -0.3 is 30.3 Å². The average Bonchev–Trinajstić information content (AvgIpc) is 2.80. The molecule has 180 valence electrons. The lowest BCUT2D eigenvalue weighted by Gasteiger charge is -2.42. The van der Waals surface area contributed by atoms with E-state index < -0.39 is 11.7 Å². The van der Waals surface area contributed by atoms with E-state index in [1.807, 2.05) is 44.2 Å². The predicted molar refractivity (Wildman–Crippen MR) is 128 cm³/mol. The molecule has 1 heterocycles. The molecule has 1 saturated carbocycles. The summed E-state index contributed by atoms with van der Waals surface area (Å²) in [6, 6.07) is 8.78. The number of amides is 1. The second kappa shape index (κ2) is 11.3. The molecule has 1 fully saturated rings. The van der Waals surface area contributed by atoms with Crippen molar-refractivity contribution in [3.8, 4) is 5.75 Å². The Balaban J connectivity index is 1.91. The number of aromatic nitrogens is 1. The summed E-state index contributed by atoms with van der Waals surface area (Å²) in [6.45, 7) is 0.873. The molecule has 3 N–H and O–H groups in total. The van der Waals surface area contributed by atoms with Crippen LogP contribution < -0.4 is 20.7 Å². The summed E-state index contributed by atoms with van der Waals surface area (Å²) in [5.74, 6) is -0.301. The number of ether oxygens (including phenoxy) is 2. The summed E-state index contributed by atoms with van der Waals surface area (Å²) in [5, 5.41) is 3.12. The lowest BCUT2D eigenvalue weighted by atomic mass is 9.88. The van der Waals surface area contributed by atoms with E-state index in [-0.39, 0.29) is 29.3 Å². The highest BCUT2D eigenvalue weighted by molar-refractivity contribution is 5.98. The maximum Gasteiger partial charge on any atom is 0.252 e. The Labute approximate surface area is 194 Å². The summed E-state index contributed by atoms with van der Waals surface area (Å²) in [4.78, 5) is 20.6. The summed E-state index contributed by atoms with van der Waals surface area (Å²) in [7, 11) is 7.56. The second-order valence-corrected chi connectivity index (χ2v) is 8.54. The monoisotopic (exact) mass is 459 g/mol. The van der Waals surface area contributed by atoms with Crippen molar-refractivity contribution in [2.75, 3.05) is 51.7 Å². The number of carbonyl (C=O) groups excluding carboxylic acids is 1. The van der Waals surface area contributed by atoms with Crippen molar-refractivity contribution in [3.05, 3.63) is 41.7 Å². The van der Waals surface area contributed by atoms with Crippen LogP contribution >= 0.6 is 0 Å². The van der Waals surface area contributed by atoms with Crippen LogP contribution in [0, 0.1) is 5.82 Å². The van der Waals surface area contributed by atoms with Gasteiger partial charge in [-0.3, -0.25) is 4.79 Å². The maximum atomic E-state index is 15.1. The van der Waals surface area contributed by atoms with Gasteiger partial charge in [0.05, 0.1) is 12.2 Å². The predicted octanol–water partition coefficient (Wildman–Crippen LogP) is 3.40. The van der Waals surface area contributed by atoms with E-state index in [1.54, 1.807) is 13.2 Å². The lowest BCUT2D eigenvalue weighted by Crippen LogP contribution is -2.50. The Morgan fingerprint density at radius 2 is 1.91 bits per heavy atom. The quantitative estimate of drug-likeness (QED) is 0.526. The number of pyridine rings is 1. The van der Waals surface area contributed by atoms with E-state index in [4.69, 9.17) is 15.2 Å². The first-order chi connectivity index (χ1) is 15.8. The molecule has 8 nitrogen and oxygen atoms in total. The van der Waals surface area contributed by atoms with Crippen molar-refractivity contribution in [3.63, 3.8) is 0 Å². The molecule has 0 saturated heterocycles. The fraction of sp³-hybridized carbons (Fsp3) is 0.500. The average molecular weight is 460 g/mol. The van der Waals surface area contributed by atoms with E-state index in [0.29, 0.717) is 24.7 Å². The molecule has 1 aromatic heterocycles. The summed E-state index contributed by atoms with van der Waals surface area (Å²) in [6.07, 6.45) is 4.23. The van der Waals surface area contributed by atoms with E-state index >= 15 is 4.39 Å². The highest BCUT2D eigenvalue weighted by Crippen LogP contribution is 2.32. The van der Waals surface area contributed by atoms with Gasteiger partial charge in [0.2, 0.25) is 0 Å². The summed E-state index contributed by atoms with van der Waals surface area (Å²) >= 11 is 0. The molecule has 2 aromatic rings. The molecule has 1 aliphatic carbocycles. The number of carbonyl (C=O) groups is 1. The number of nitrogens with zero attached hydrogens (tertiary/aromatic N) is 3. The molecule has 0 radical (unpaired) electrons. The van der Waals surface area contributed by atoms with Gasteiger partial charge >= 0.3 is 0 Å². The van der Waals surface area contributed by atoms with Gasteiger partial charge in [-0.15, -0.1) is 0 Å².